The molecular weight excluding hydrogens is 304 g/mol. The first-order chi connectivity index (χ1) is 10.2. The zero-order valence-electron chi connectivity index (χ0n) is 12.7. The molecule has 22 heavy (non-hydrogen) atoms. The third-order valence-corrected chi connectivity index (χ3v) is 5.26. The molecule has 0 saturated carbocycles. The molecule has 7 heteroatoms. The van der Waals surface area contributed by atoms with Gasteiger partial charge in [0.25, 0.3) is 5.91 Å². The van der Waals surface area contributed by atoms with Gasteiger partial charge in [-0.1, -0.05) is 17.2 Å². The molecule has 0 spiro atoms. The minimum Gasteiger partial charge on any atom is -0.351 e. The van der Waals surface area contributed by atoms with Gasteiger partial charge in [-0.05, 0) is 32.4 Å². The van der Waals surface area contributed by atoms with Crippen molar-refractivity contribution in [1.29, 1.82) is 0 Å². The van der Waals surface area contributed by atoms with Crippen LogP contribution in [0, 0.1) is 13.8 Å². The summed E-state index contributed by atoms with van der Waals surface area (Å²) < 4.78 is 22.6. The molecule has 1 aromatic carbocycles. The molecule has 1 fully saturated rings. The van der Waals surface area contributed by atoms with E-state index in [1.54, 1.807) is 12.1 Å². The van der Waals surface area contributed by atoms with Crippen LogP contribution in [0.4, 0.5) is 0 Å². The molecule has 0 radical (unpaired) electrons. The van der Waals surface area contributed by atoms with Crippen LogP contribution in [0.3, 0.4) is 0 Å². The van der Waals surface area contributed by atoms with E-state index in [9.17, 15) is 18.0 Å². The fourth-order valence-electron chi connectivity index (χ4n) is 2.56. The van der Waals surface area contributed by atoms with E-state index in [1.807, 2.05) is 19.9 Å². The number of amides is 2. The van der Waals surface area contributed by atoms with E-state index in [4.69, 9.17) is 0 Å². The number of carbonyl (C=O) groups is 2. The lowest BCUT2D eigenvalue weighted by Gasteiger charge is -2.11. The summed E-state index contributed by atoms with van der Waals surface area (Å²) in [6.45, 7) is 3.64. The Morgan fingerprint density at radius 2 is 1.82 bits per heavy atom. The third kappa shape index (κ3) is 4.56. The molecule has 0 aliphatic carbocycles. The molecule has 1 atom stereocenters. The first-order valence-corrected chi connectivity index (χ1v) is 8.93. The molecular formula is C15H20N2O4S. The van der Waals surface area contributed by atoms with Gasteiger partial charge >= 0.3 is 0 Å². The predicted molar refractivity (Wildman–Crippen MR) is 83.5 cm³/mol. The van der Waals surface area contributed by atoms with Crippen molar-refractivity contribution in [2.24, 2.45) is 0 Å². The summed E-state index contributed by atoms with van der Waals surface area (Å²) in [5.41, 5.74) is 2.46. The van der Waals surface area contributed by atoms with Crippen molar-refractivity contribution in [2.75, 3.05) is 18.1 Å². The second kappa shape index (κ2) is 6.48. The Morgan fingerprint density at radius 1 is 1.18 bits per heavy atom. The second-order valence-electron chi connectivity index (χ2n) is 5.73. The SMILES string of the molecule is Cc1cc(C)cc(C(=O)NCC(=O)NC2CCS(=O)(=O)C2)c1. The number of hydrogen-bond acceptors (Lipinski definition) is 4. The number of aryl methyl sites for hydroxylation is 2. The van der Waals surface area contributed by atoms with Crippen molar-refractivity contribution in [3.05, 3.63) is 34.9 Å². The highest BCUT2D eigenvalue weighted by molar-refractivity contribution is 7.91. The molecule has 2 amide bonds. The van der Waals surface area contributed by atoms with Crippen molar-refractivity contribution in [2.45, 2.75) is 26.3 Å². The van der Waals surface area contributed by atoms with Gasteiger partial charge in [0.05, 0.1) is 18.1 Å². The molecule has 1 aliphatic heterocycles. The Balaban J connectivity index is 1.84. The standard InChI is InChI=1S/C15H20N2O4S/c1-10-5-11(2)7-12(6-10)15(19)16-8-14(18)17-13-3-4-22(20,21)9-13/h5-7,13H,3-4,8-9H2,1-2H3,(H,16,19)(H,17,18). The van der Waals surface area contributed by atoms with Crippen LogP contribution in [0.25, 0.3) is 0 Å². The van der Waals surface area contributed by atoms with Crippen molar-refractivity contribution in [3.63, 3.8) is 0 Å². The summed E-state index contributed by atoms with van der Waals surface area (Å²) in [6.07, 6.45) is 0.430. The fraction of sp³-hybridized carbons (Fsp3) is 0.467. The van der Waals surface area contributed by atoms with Gasteiger partial charge < -0.3 is 10.6 Å². The quantitative estimate of drug-likeness (QED) is 0.835. The van der Waals surface area contributed by atoms with Gasteiger partial charge in [-0.3, -0.25) is 9.59 Å². The van der Waals surface area contributed by atoms with Crippen molar-refractivity contribution >= 4 is 21.7 Å². The van der Waals surface area contributed by atoms with E-state index in [-0.39, 0.29) is 35.9 Å². The normalized spacial score (nSPS) is 19.6. The topological polar surface area (TPSA) is 92.3 Å². The number of sulfone groups is 1. The number of hydrogen-bond donors (Lipinski definition) is 2. The van der Waals surface area contributed by atoms with E-state index < -0.39 is 9.84 Å². The number of rotatable bonds is 4. The van der Waals surface area contributed by atoms with Gasteiger partial charge in [0.15, 0.2) is 9.84 Å². The highest BCUT2D eigenvalue weighted by Gasteiger charge is 2.28. The summed E-state index contributed by atoms with van der Waals surface area (Å²) in [6, 6.07) is 5.12. The van der Waals surface area contributed by atoms with E-state index in [0.717, 1.165) is 11.1 Å². The zero-order chi connectivity index (χ0) is 16.3. The average molecular weight is 324 g/mol. The minimum atomic E-state index is -3.03. The van der Waals surface area contributed by atoms with E-state index in [2.05, 4.69) is 10.6 Å². The van der Waals surface area contributed by atoms with Crippen molar-refractivity contribution in [1.82, 2.24) is 10.6 Å². The smallest absolute Gasteiger partial charge is 0.251 e. The molecule has 1 saturated heterocycles. The highest BCUT2D eigenvalue weighted by Crippen LogP contribution is 2.11. The van der Waals surface area contributed by atoms with Crippen LogP contribution in [0.1, 0.15) is 27.9 Å². The number of nitrogens with one attached hydrogen (secondary N) is 2. The summed E-state index contributed by atoms with van der Waals surface area (Å²) in [5, 5.41) is 5.18. The molecule has 0 aromatic heterocycles. The van der Waals surface area contributed by atoms with Crippen molar-refractivity contribution < 1.29 is 18.0 Å². The average Bonchev–Trinajstić information content (AvgIpc) is 2.74. The fourth-order valence-corrected chi connectivity index (χ4v) is 4.23. The summed E-state index contributed by atoms with van der Waals surface area (Å²) in [5.74, 6) is -0.614. The van der Waals surface area contributed by atoms with Crippen molar-refractivity contribution in [3.8, 4) is 0 Å². The van der Waals surface area contributed by atoms with Gasteiger partial charge in [-0.2, -0.15) is 0 Å². The molecule has 1 aromatic rings. The molecule has 1 heterocycles. The lowest BCUT2D eigenvalue weighted by atomic mass is 10.1. The minimum absolute atomic E-state index is 0.0240. The van der Waals surface area contributed by atoms with Gasteiger partial charge in [0.2, 0.25) is 5.91 Å². The summed E-state index contributed by atoms with van der Waals surface area (Å²) in [4.78, 5) is 23.8. The molecule has 1 aliphatic rings. The summed E-state index contributed by atoms with van der Waals surface area (Å²) in [7, 11) is -3.03. The lowest BCUT2D eigenvalue weighted by molar-refractivity contribution is -0.120. The van der Waals surface area contributed by atoms with E-state index >= 15 is 0 Å². The Bertz CT molecular complexity index is 677. The lowest BCUT2D eigenvalue weighted by Crippen LogP contribution is -2.42. The van der Waals surface area contributed by atoms with Gasteiger partial charge in [0, 0.05) is 11.6 Å². The van der Waals surface area contributed by atoms with Crippen LogP contribution < -0.4 is 10.6 Å². The van der Waals surface area contributed by atoms with Crippen LogP contribution in [0.15, 0.2) is 18.2 Å². The van der Waals surface area contributed by atoms with E-state index in [0.29, 0.717) is 12.0 Å². The highest BCUT2D eigenvalue weighted by atomic mass is 32.2. The first kappa shape index (κ1) is 16.5. The Labute approximate surface area is 130 Å². The predicted octanol–water partition coefficient (Wildman–Crippen LogP) is 0.337. The van der Waals surface area contributed by atoms with Crippen LogP contribution >= 0.6 is 0 Å². The van der Waals surface area contributed by atoms with Gasteiger partial charge in [0.1, 0.15) is 0 Å². The molecule has 0 bridgehead atoms. The van der Waals surface area contributed by atoms with E-state index in [1.165, 1.54) is 0 Å². The maximum atomic E-state index is 12.0. The maximum absolute atomic E-state index is 12.0. The van der Waals surface area contributed by atoms with Crippen LogP contribution in [-0.2, 0) is 14.6 Å². The number of carbonyl (C=O) groups excluding carboxylic acids is 2. The third-order valence-electron chi connectivity index (χ3n) is 3.49. The molecule has 2 N–H and O–H groups in total. The van der Waals surface area contributed by atoms with Crippen LogP contribution in [0.2, 0.25) is 0 Å². The summed E-state index contributed by atoms with van der Waals surface area (Å²) >= 11 is 0. The largest absolute Gasteiger partial charge is 0.351 e. The second-order valence-corrected chi connectivity index (χ2v) is 7.96. The Morgan fingerprint density at radius 3 is 2.36 bits per heavy atom. The van der Waals surface area contributed by atoms with Gasteiger partial charge in [-0.15, -0.1) is 0 Å². The van der Waals surface area contributed by atoms with Crippen LogP contribution in [-0.4, -0.2) is 44.3 Å². The van der Waals surface area contributed by atoms with Crippen LogP contribution in [0.5, 0.6) is 0 Å². The molecule has 2 rings (SSSR count). The van der Waals surface area contributed by atoms with Gasteiger partial charge in [-0.25, -0.2) is 8.42 Å². The zero-order valence-corrected chi connectivity index (χ0v) is 13.5. The molecule has 1 unspecified atom stereocenters. The monoisotopic (exact) mass is 324 g/mol. The maximum Gasteiger partial charge on any atom is 0.251 e. The Hall–Kier alpha value is -1.89. The first-order valence-electron chi connectivity index (χ1n) is 7.11. The molecule has 120 valence electrons. The Kier molecular flexibility index (Phi) is 4.85. The number of benzene rings is 1. The molecule has 6 nitrogen and oxygen atoms in total.